The van der Waals surface area contributed by atoms with Crippen molar-refractivity contribution in [2.45, 2.75) is 12.5 Å². The Morgan fingerprint density at radius 3 is 2.00 bits per heavy atom. The maximum Gasteiger partial charge on any atom is 0.164 e. The summed E-state index contributed by atoms with van der Waals surface area (Å²) in [5.74, 6) is -0.275. The van der Waals surface area contributed by atoms with Crippen LogP contribution in [-0.4, -0.2) is 36.9 Å². The van der Waals surface area contributed by atoms with Crippen LogP contribution in [0.3, 0.4) is 0 Å². The van der Waals surface area contributed by atoms with E-state index >= 15 is 0 Å². The van der Waals surface area contributed by atoms with Crippen LogP contribution in [0.15, 0.2) is 84.9 Å². The first-order valence-corrected chi connectivity index (χ1v) is 10.1. The number of para-hydroxylation sites is 1. The van der Waals surface area contributed by atoms with Crippen molar-refractivity contribution in [2.24, 2.45) is 0 Å². The number of ketones is 1. The van der Waals surface area contributed by atoms with Gasteiger partial charge in [-0.05, 0) is 42.0 Å². The summed E-state index contributed by atoms with van der Waals surface area (Å²) in [7, 11) is 0. The van der Waals surface area contributed by atoms with Gasteiger partial charge in [-0.15, -0.1) is 0 Å². The van der Waals surface area contributed by atoms with Crippen molar-refractivity contribution in [2.75, 3.05) is 31.1 Å². The molecule has 0 radical (unpaired) electrons. The number of carbonyl (C=O) groups excluding carboxylic acids is 1. The van der Waals surface area contributed by atoms with Crippen LogP contribution >= 0.6 is 0 Å². The van der Waals surface area contributed by atoms with Crippen LogP contribution in [0.5, 0.6) is 0 Å². The fourth-order valence-corrected chi connectivity index (χ4v) is 3.99. The molecule has 0 bridgehead atoms. The van der Waals surface area contributed by atoms with E-state index in [0.29, 0.717) is 12.0 Å². The highest BCUT2D eigenvalue weighted by atomic mass is 19.1. The fraction of sp³-hybridized carbons (Fsp3) is 0.240. The molecule has 0 N–H and O–H groups in total. The minimum Gasteiger partial charge on any atom is -0.369 e. The summed E-state index contributed by atoms with van der Waals surface area (Å²) < 4.78 is 13.2. The van der Waals surface area contributed by atoms with E-state index < -0.39 is 0 Å². The van der Waals surface area contributed by atoms with Crippen LogP contribution in [0.4, 0.5) is 10.1 Å². The van der Waals surface area contributed by atoms with Gasteiger partial charge in [0.1, 0.15) is 5.82 Å². The van der Waals surface area contributed by atoms with Crippen molar-refractivity contribution in [3.8, 4) is 0 Å². The number of benzene rings is 3. The quantitative estimate of drug-likeness (QED) is 0.558. The topological polar surface area (TPSA) is 23.6 Å². The zero-order valence-corrected chi connectivity index (χ0v) is 16.4. The summed E-state index contributed by atoms with van der Waals surface area (Å²) in [5, 5.41) is 0. The van der Waals surface area contributed by atoms with E-state index in [-0.39, 0.29) is 17.6 Å². The van der Waals surface area contributed by atoms with Gasteiger partial charge in [-0.25, -0.2) is 4.39 Å². The number of hydrogen-bond acceptors (Lipinski definition) is 3. The van der Waals surface area contributed by atoms with E-state index in [1.807, 2.05) is 24.3 Å². The molecule has 0 amide bonds. The smallest absolute Gasteiger partial charge is 0.164 e. The first-order chi connectivity index (χ1) is 14.2. The molecule has 3 aromatic rings. The van der Waals surface area contributed by atoms with Crippen LogP contribution in [0, 0.1) is 5.82 Å². The molecule has 0 aromatic heterocycles. The number of piperazine rings is 1. The Labute approximate surface area is 171 Å². The summed E-state index contributed by atoms with van der Waals surface area (Å²) in [4.78, 5) is 17.7. The molecule has 1 fully saturated rings. The Morgan fingerprint density at radius 2 is 1.38 bits per heavy atom. The van der Waals surface area contributed by atoms with Crippen LogP contribution in [0.1, 0.15) is 28.4 Å². The molecule has 29 heavy (non-hydrogen) atoms. The highest BCUT2D eigenvalue weighted by molar-refractivity contribution is 5.96. The predicted molar refractivity (Wildman–Crippen MR) is 115 cm³/mol. The number of hydrogen-bond donors (Lipinski definition) is 0. The molecule has 1 aliphatic rings. The van der Waals surface area contributed by atoms with Gasteiger partial charge in [-0.3, -0.25) is 9.69 Å². The molecular weight excluding hydrogens is 363 g/mol. The van der Waals surface area contributed by atoms with Gasteiger partial charge in [0.15, 0.2) is 5.78 Å². The van der Waals surface area contributed by atoms with Gasteiger partial charge in [0.25, 0.3) is 0 Å². The number of rotatable bonds is 6. The molecule has 3 nitrogen and oxygen atoms in total. The van der Waals surface area contributed by atoms with E-state index in [4.69, 9.17) is 0 Å². The Balaban J connectivity index is 1.49. The second-order valence-electron chi connectivity index (χ2n) is 7.42. The van der Waals surface area contributed by atoms with E-state index in [1.165, 1.54) is 17.8 Å². The molecule has 148 valence electrons. The molecule has 0 saturated carbocycles. The monoisotopic (exact) mass is 388 g/mol. The molecule has 4 heteroatoms. The van der Waals surface area contributed by atoms with Gasteiger partial charge in [-0.1, -0.05) is 48.5 Å². The molecule has 1 heterocycles. The van der Waals surface area contributed by atoms with Gasteiger partial charge in [-0.2, -0.15) is 0 Å². The lowest BCUT2D eigenvalue weighted by atomic mass is 9.96. The number of halogens is 1. The second kappa shape index (κ2) is 9.01. The van der Waals surface area contributed by atoms with Crippen LogP contribution in [-0.2, 0) is 0 Å². The average Bonchev–Trinajstić information content (AvgIpc) is 2.79. The fourth-order valence-electron chi connectivity index (χ4n) is 3.99. The van der Waals surface area contributed by atoms with Crippen molar-refractivity contribution in [1.29, 1.82) is 0 Å². The third-order valence-corrected chi connectivity index (χ3v) is 5.61. The molecule has 3 aromatic carbocycles. The van der Waals surface area contributed by atoms with Crippen LogP contribution in [0.25, 0.3) is 0 Å². The number of Topliss-reactive ketones (excluding diaryl/α,β-unsaturated/α-hetero) is 1. The van der Waals surface area contributed by atoms with Gasteiger partial charge in [0.05, 0.1) is 0 Å². The molecule has 1 atom stereocenters. The Morgan fingerprint density at radius 1 is 0.793 bits per heavy atom. The van der Waals surface area contributed by atoms with Crippen molar-refractivity contribution >= 4 is 11.5 Å². The van der Waals surface area contributed by atoms with E-state index in [9.17, 15) is 9.18 Å². The third kappa shape index (κ3) is 4.72. The summed E-state index contributed by atoms with van der Waals surface area (Å²) >= 11 is 0. The molecule has 0 aliphatic carbocycles. The van der Waals surface area contributed by atoms with Gasteiger partial charge >= 0.3 is 0 Å². The highest BCUT2D eigenvalue weighted by Crippen LogP contribution is 2.28. The molecule has 4 rings (SSSR count). The summed E-state index contributed by atoms with van der Waals surface area (Å²) in [6.45, 7) is 3.65. The zero-order valence-electron chi connectivity index (χ0n) is 16.4. The predicted octanol–water partition coefficient (Wildman–Crippen LogP) is 4.96. The average molecular weight is 388 g/mol. The molecule has 1 saturated heterocycles. The summed E-state index contributed by atoms with van der Waals surface area (Å²) in [5.41, 5.74) is 2.96. The molecule has 0 spiro atoms. The molecular formula is C25H25FN2O. The number of nitrogens with zero attached hydrogens (tertiary/aromatic N) is 2. The van der Waals surface area contributed by atoms with Crippen LogP contribution in [0.2, 0.25) is 0 Å². The second-order valence-corrected chi connectivity index (χ2v) is 7.42. The number of carbonyl (C=O) groups is 1. The highest BCUT2D eigenvalue weighted by Gasteiger charge is 2.27. The van der Waals surface area contributed by atoms with Crippen molar-refractivity contribution in [3.05, 3.63) is 102 Å². The standard InChI is InChI=1S/C25H25FN2O/c26-22-13-11-21(12-14-22)25(29)19-24(20-7-3-1-4-8-20)28-17-15-27(16-18-28)23-9-5-2-6-10-23/h1-14,24H,15-19H2/t24-/m1/s1. The summed E-state index contributed by atoms with van der Waals surface area (Å²) in [6.07, 6.45) is 0.390. The summed E-state index contributed by atoms with van der Waals surface area (Å²) in [6, 6.07) is 26.5. The van der Waals surface area contributed by atoms with Gasteiger partial charge in [0.2, 0.25) is 0 Å². The van der Waals surface area contributed by atoms with Gasteiger partial charge in [0, 0.05) is 49.9 Å². The minimum atomic E-state index is -0.321. The lowest BCUT2D eigenvalue weighted by Gasteiger charge is -2.40. The molecule has 1 aliphatic heterocycles. The first kappa shape index (κ1) is 19.3. The zero-order chi connectivity index (χ0) is 20.1. The first-order valence-electron chi connectivity index (χ1n) is 10.1. The van der Waals surface area contributed by atoms with Crippen molar-refractivity contribution in [3.63, 3.8) is 0 Å². The largest absolute Gasteiger partial charge is 0.369 e. The Bertz CT molecular complexity index is 920. The molecule has 0 unspecified atom stereocenters. The van der Waals surface area contributed by atoms with Gasteiger partial charge < -0.3 is 4.90 Å². The third-order valence-electron chi connectivity index (χ3n) is 5.61. The Kier molecular flexibility index (Phi) is 6.01. The normalized spacial score (nSPS) is 15.8. The van der Waals surface area contributed by atoms with Crippen molar-refractivity contribution in [1.82, 2.24) is 4.90 Å². The van der Waals surface area contributed by atoms with E-state index in [2.05, 4.69) is 46.2 Å². The Hall–Kier alpha value is -2.98. The lowest BCUT2D eigenvalue weighted by Crippen LogP contribution is -2.48. The lowest BCUT2D eigenvalue weighted by molar-refractivity contribution is 0.0910. The SMILES string of the molecule is O=C(C[C@H](c1ccccc1)N1CCN(c2ccccc2)CC1)c1ccc(F)cc1. The van der Waals surface area contributed by atoms with Crippen molar-refractivity contribution < 1.29 is 9.18 Å². The number of anilines is 1. The maximum absolute atomic E-state index is 13.2. The van der Waals surface area contributed by atoms with E-state index in [1.54, 1.807) is 12.1 Å². The maximum atomic E-state index is 13.2. The minimum absolute atomic E-state index is 0.0201. The van der Waals surface area contributed by atoms with Crippen LogP contribution < -0.4 is 4.90 Å². The van der Waals surface area contributed by atoms with E-state index in [0.717, 1.165) is 31.7 Å².